The van der Waals surface area contributed by atoms with Crippen molar-refractivity contribution in [3.8, 4) is 12.3 Å². The molecule has 0 N–H and O–H groups in total. The first-order chi connectivity index (χ1) is 9.47. The third kappa shape index (κ3) is 33.1. The lowest BCUT2D eigenvalue weighted by Crippen LogP contribution is -3.00. The van der Waals surface area contributed by atoms with E-state index < -0.39 is 0 Å². The van der Waals surface area contributed by atoms with Gasteiger partial charge in [-0.15, -0.1) is 18.0 Å². The average molecular weight is 338 g/mol. The summed E-state index contributed by atoms with van der Waals surface area (Å²) in [4.78, 5) is 0. The van der Waals surface area contributed by atoms with Gasteiger partial charge in [0.2, 0.25) is 0 Å². The Morgan fingerprint density at radius 3 is 1.43 bits per heavy atom. The highest BCUT2D eigenvalue weighted by atomic mass is 35.5. The molecule has 0 heterocycles. The number of halogens is 2. The number of hydrogen-bond donors (Lipinski definition) is 0. The summed E-state index contributed by atoms with van der Waals surface area (Å²) in [6.07, 6.45) is 19.1. The largest absolute Gasteiger partial charge is 1.00 e. The zero-order chi connectivity index (χ0) is 15.7. The van der Waals surface area contributed by atoms with Gasteiger partial charge in [0.25, 0.3) is 0 Å². The minimum atomic E-state index is 0. The van der Waals surface area contributed by atoms with Crippen LogP contribution in [-0.4, -0.2) is 38.1 Å². The van der Waals surface area contributed by atoms with E-state index in [2.05, 4.69) is 40.4 Å². The summed E-state index contributed by atoms with van der Waals surface area (Å²) in [5, 5.41) is 0. The molecule has 0 bridgehead atoms. The molecule has 0 aromatic carbocycles. The Hall–Kier alpha value is 0.1000. The van der Waals surface area contributed by atoms with E-state index in [1.807, 2.05) is 0 Å². The van der Waals surface area contributed by atoms with Crippen molar-refractivity contribution in [2.45, 2.75) is 71.1 Å². The van der Waals surface area contributed by atoms with Gasteiger partial charge >= 0.3 is 0 Å². The standard InChI is InChI=1S/C15H34N.C3H3Cl.ClH/c1-5-6-7-8-9-10-11-12-13-14-15-16(2,3)4;1-2-3-4;/h5-15H2,1-4H3;1H,3H2;1H/q+1;;/p-1. The predicted molar refractivity (Wildman–Crippen MR) is 94.3 cm³/mol. The molecule has 1 nitrogen and oxygen atoms in total. The third-order valence-electron chi connectivity index (χ3n) is 3.26. The van der Waals surface area contributed by atoms with Crippen molar-refractivity contribution in [2.24, 2.45) is 0 Å². The molecule has 0 amide bonds. The van der Waals surface area contributed by atoms with Crippen LogP contribution in [0.5, 0.6) is 0 Å². The third-order valence-corrected chi connectivity index (χ3v) is 3.41. The van der Waals surface area contributed by atoms with Gasteiger partial charge in [-0.25, -0.2) is 0 Å². The van der Waals surface area contributed by atoms with E-state index in [9.17, 15) is 0 Å². The molecule has 0 atom stereocenters. The van der Waals surface area contributed by atoms with Crippen molar-refractivity contribution in [3.63, 3.8) is 0 Å². The summed E-state index contributed by atoms with van der Waals surface area (Å²) in [5.41, 5.74) is 0. The zero-order valence-corrected chi connectivity index (χ0v) is 16.3. The molecule has 0 saturated heterocycles. The number of nitrogens with zero attached hydrogens (tertiary/aromatic N) is 1. The number of unbranched alkanes of at least 4 members (excludes halogenated alkanes) is 9. The number of hydrogen-bond acceptors (Lipinski definition) is 0. The summed E-state index contributed by atoms with van der Waals surface area (Å²) in [7, 11) is 6.86. The summed E-state index contributed by atoms with van der Waals surface area (Å²) in [6.45, 7) is 3.62. The molecule has 0 aromatic rings. The molecule has 128 valence electrons. The zero-order valence-electron chi connectivity index (χ0n) is 14.8. The van der Waals surface area contributed by atoms with Crippen molar-refractivity contribution in [1.82, 2.24) is 0 Å². The van der Waals surface area contributed by atoms with Crippen molar-refractivity contribution in [1.29, 1.82) is 0 Å². The maximum absolute atomic E-state index is 4.95. The van der Waals surface area contributed by atoms with Gasteiger partial charge in [0.05, 0.1) is 33.6 Å². The smallest absolute Gasteiger partial charge is 0.0832 e. The van der Waals surface area contributed by atoms with Crippen LogP contribution in [0, 0.1) is 12.3 Å². The minimum Gasteiger partial charge on any atom is -1.00 e. The normalized spacial score (nSPS) is 10.1. The SMILES string of the molecule is C#CCCl.CCCCCCCCCCCC[N+](C)(C)C.[Cl-]. The Kier molecular flexibility index (Phi) is 24.9. The van der Waals surface area contributed by atoms with Crippen LogP contribution in [0.4, 0.5) is 0 Å². The lowest BCUT2D eigenvalue weighted by Gasteiger charge is -2.23. The van der Waals surface area contributed by atoms with Crippen LogP contribution in [0.25, 0.3) is 0 Å². The Labute approximate surface area is 145 Å². The molecule has 21 heavy (non-hydrogen) atoms. The van der Waals surface area contributed by atoms with Crippen LogP contribution in [0.2, 0.25) is 0 Å². The van der Waals surface area contributed by atoms with E-state index in [0.717, 1.165) is 4.48 Å². The van der Waals surface area contributed by atoms with E-state index in [1.165, 1.54) is 70.8 Å². The van der Waals surface area contributed by atoms with Crippen molar-refractivity contribution in [3.05, 3.63) is 0 Å². The molecule has 0 spiro atoms. The average Bonchev–Trinajstić information content (AvgIpc) is 2.40. The summed E-state index contributed by atoms with van der Waals surface area (Å²) >= 11 is 4.95. The Morgan fingerprint density at radius 1 is 0.810 bits per heavy atom. The summed E-state index contributed by atoms with van der Waals surface area (Å²) in [6, 6.07) is 0. The molecule has 0 aromatic heterocycles. The fraction of sp³-hybridized carbons (Fsp3) is 0.889. The first kappa shape index (κ1) is 26.0. The van der Waals surface area contributed by atoms with E-state index in [1.54, 1.807) is 0 Å². The highest BCUT2D eigenvalue weighted by molar-refractivity contribution is 6.19. The Balaban J connectivity index is -0.000000572. The quantitative estimate of drug-likeness (QED) is 0.235. The van der Waals surface area contributed by atoms with Crippen LogP contribution in [-0.2, 0) is 0 Å². The molecule has 3 heteroatoms. The number of quaternary nitrogens is 1. The highest BCUT2D eigenvalue weighted by Crippen LogP contribution is 2.10. The summed E-state index contributed by atoms with van der Waals surface area (Å²) in [5.74, 6) is 2.52. The van der Waals surface area contributed by atoms with Gasteiger partial charge in [-0.1, -0.05) is 64.2 Å². The van der Waals surface area contributed by atoms with Gasteiger partial charge < -0.3 is 16.9 Å². The van der Waals surface area contributed by atoms with Gasteiger partial charge in [0.15, 0.2) is 0 Å². The molecule has 0 rings (SSSR count). The van der Waals surface area contributed by atoms with Crippen LogP contribution in [0.15, 0.2) is 0 Å². The highest BCUT2D eigenvalue weighted by Gasteiger charge is 2.04. The predicted octanol–water partition coefficient (Wildman–Crippen LogP) is 2.48. The fourth-order valence-corrected chi connectivity index (χ4v) is 2.07. The second kappa shape index (κ2) is 20.1. The number of terminal acetylenes is 1. The first-order valence-corrected chi connectivity index (χ1v) is 8.81. The van der Waals surface area contributed by atoms with Gasteiger partial charge in [-0.3, -0.25) is 0 Å². The van der Waals surface area contributed by atoms with Crippen molar-refractivity contribution >= 4 is 11.6 Å². The van der Waals surface area contributed by atoms with Crippen molar-refractivity contribution in [2.75, 3.05) is 33.6 Å². The molecular formula is C18H37Cl2N. The molecular weight excluding hydrogens is 301 g/mol. The van der Waals surface area contributed by atoms with E-state index >= 15 is 0 Å². The van der Waals surface area contributed by atoms with Gasteiger partial charge in [-0.05, 0) is 12.8 Å². The summed E-state index contributed by atoms with van der Waals surface area (Å²) < 4.78 is 1.12. The minimum absolute atomic E-state index is 0. The van der Waals surface area contributed by atoms with Gasteiger partial charge in [0.1, 0.15) is 0 Å². The molecule has 0 aliphatic heterocycles. The van der Waals surface area contributed by atoms with Crippen LogP contribution < -0.4 is 12.4 Å². The number of alkyl halides is 1. The molecule has 0 fully saturated rings. The first-order valence-electron chi connectivity index (χ1n) is 8.27. The van der Waals surface area contributed by atoms with Gasteiger partial charge in [-0.2, -0.15) is 0 Å². The van der Waals surface area contributed by atoms with Crippen LogP contribution >= 0.6 is 11.6 Å². The molecule has 0 unspecified atom stereocenters. The van der Waals surface area contributed by atoms with E-state index in [-0.39, 0.29) is 12.4 Å². The van der Waals surface area contributed by atoms with Crippen molar-refractivity contribution < 1.29 is 16.9 Å². The monoisotopic (exact) mass is 337 g/mol. The second-order valence-corrected chi connectivity index (χ2v) is 6.80. The molecule has 0 aliphatic rings. The van der Waals surface area contributed by atoms with E-state index in [4.69, 9.17) is 11.6 Å². The van der Waals surface area contributed by atoms with Crippen LogP contribution in [0.3, 0.4) is 0 Å². The van der Waals surface area contributed by atoms with Crippen LogP contribution in [0.1, 0.15) is 71.1 Å². The fourth-order valence-electron chi connectivity index (χ4n) is 2.07. The maximum atomic E-state index is 4.95. The molecule has 0 saturated carbocycles. The Morgan fingerprint density at radius 2 is 1.14 bits per heavy atom. The van der Waals surface area contributed by atoms with E-state index in [0.29, 0.717) is 5.88 Å². The molecule has 0 aliphatic carbocycles. The maximum Gasteiger partial charge on any atom is 0.0832 e. The lowest BCUT2D eigenvalue weighted by molar-refractivity contribution is -0.870. The van der Waals surface area contributed by atoms with Gasteiger partial charge in [0, 0.05) is 0 Å². The molecule has 0 radical (unpaired) electrons. The Bertz CT molecular complexity index is 216. The second-order valence-electron chi connectivity index (χ2n) is 6.53. The lowest BCUT2D eigenvalue weighted by atomic mass is 10.1. The topological polar surface area (TPSA) is 0 Å². The number of rotatable bonds is 11.